The Morgan fingerprint density at radius 2 is 1.96 bits per heavy atom. The van der Waals surface area contributed by atoms with E-state index in [1.807, 2.05) is 35.9 Å². The third-order valence-corrected chi connectivity index (χ3v) is 4.26. The van der Waals surface area contributed by atoms with Crippen molar-refractivity contribution in [2.45, 2.75) is 19.4 Å². The number of carbonyl (C=O) groups excluding carboxylic acids is 2. The summed E-state index contributed by atoms with van der Waals surface area (Å²) in [5.74, 6) is -0.634. The Morgan fingerprint density at radius 3 is 2.61 bits per heavy atom. The van der Waals surface area contributed by atoms with Crippen LogP contribution < -0.4 is 10.6 Å². The molecule has 0 spiro atoms. The van der Waals surface area contributed by atoms with E-state index in [1.165, 1.54) is 11.3 Å². The molecular weight excluding hydrogens is 312 g/mol. The number of hydrogen-bond donors (Lipinski definition) is 3. The molecule has 3 N–H and O–H groups in total. The zero-order valence-corrected chi connectivity index (χ0v) is 13.9. The number of aryl methyl sites for hydroxylation is 1. The van der Waals surface area contributed by atoms with Crippen LogP contribution in [0.2, 0.25) is 0 Å². The molecule has 0 aliphatic heterocycles. The molecule has 0 aliphatic rings. The highest BCUT2D eigenvalue weighted by atomic mass is 32.1. The first kappa shape index (κ1) is 17.2. The molecule has 0 aliphatic carbocycles. The van der Waals surface area contributed by atoms with E-state index in [0.717, 1.165) is 11.1 Å². The molecular formula is C17H20N2O3S. The van der Waals surface area contributed by atoms with Gasteiger partial charge in [0.15, 0.2) is 0 Å². The fraction of sp³-hybridized carbons (Fsp3) is 0.294. The van der Waals surface area contributed by atoms with Crippen molar-refractivity contribution in [2.75, 3.05) is 13.1 Å². The number of aliphatic hydroxyl groups is 1. The third-order valence-electron chi connectivity index (χ3n) is 3.57. The Kier molecular flexibility index (Phi) is 5.52. The molecule has 23 heavy (non-hydrogen) atoms. The van der Waals surface area contributed by atoms with E-state index < -0.39 is 5.60 Å². The molecule has 0 fully saturated rings. The van der Waals surface area contributed by atoms with Crippen LogP contribution in [0.15, 0.2) is 41.1 Å². The smallest absolute Gasteiger partial charge is 0.251 e. The van der Waals surface area contributed by atoms with E-state index in [-0.39, 0.29) is 24.9 Å². The second kappa shape index (κ2) is 7.39. The lowest BCUT2D eigenvalue weighted by Crippen LogP contribution is -2.43. The minimum Gasteiger partial charge on any atom is -0.384 e. The molecule has 0 saturated heterocycles. The number of thiophene rings is 1. The fourth-order valence-electron chi connectivity index (χ4n) is 2.09. The van der Waals surface area contributed by atoms with E-state index in [1.54, 1.807) is 19.1 Å². The van der Waals surface area contributed by atoms with Crippen LogP contribution in [0, 0.1) is 6.92 Å². The maximum absolute atomic E-state index is 12.0. The van der Waals surface area contributed by atoms with Gasteiger partial charge in [-0.15, -0.1) is 0 Å². The van der Waals surface area contributed by atoms with Gasteiger partial charge in [-0.1, -0.05) is 18.2 Å². The molecule has 122 valence electrons. The van der Waals surface area contributed by atoms with Gasteiger partial charge in [-0.25, -0.2) is 0 Å². The van der Waals surface area contributed by atoms with Crippen LogP contribution in [-0.2, 0) is 10.4 Å². The van der Waals surface area contributed by atoms with Gasteiger partial charge in [-0.05, 0) is 47.9 Å². The van der Waals surface area contributed by atoms with Crippen molar-refractivity contribution in [3.63, 3.8) is 0 Å². The topological polar surface area (TPSA) is 78.4 Å². The van der Waals surface area contributed by atoms with Crippen molar-refractivity contribution >= 4 is 23.2 Å². The van der Waals surface area contributed by atoms with Gasteiger partial charge in [0.25, 0.3) is 5.91 Å². The van der Waals surface area contributed by atoms with Crippen LogP contribution in [-0.4, -0.2) is 30.0 Å². The van der Waals surface area contributed by atoms with Crippen LogP contribution in [0.1, 0.15) is 28.4 Å². The normalized spacial score (nSPS) is 13.2. The highest BCUT2D eigenvalue weighted by Crippen LogP contribution is 2.21. The number of carbonyl (C=O) groups is 2. The highest BCUT2D eigenvalue weighted by molar-refractivity contribution is 7.08. The summed E-state index contributed by atoms with van der Waals surface area (Å²) in [5, 5.41) is 19.2. The first-order valence-electron chi connectivity index (χ1n) is 7.26. The Labute approximate surface area is 139 Å². The monoisotopic (exact) mass is 332 g/mol. The lowest BCUT2D eigenvalue weighted by molar-refractivity contribution is -0.121. The number of benzene rings is 1. The van der Waals surface area contributed by atoms with Crippen LogP contribution >= 0.6 is 11.3 Å². The second-order valence-electron chi connectivity index (χ2n) is 5.56. The predicted molar refractivity (Wildman–Crippen MR) is 90.4 cm³/mol. The summed E-state index contributed by atoms with van der Waals surface area (Å²) < 4.78 is 0. The Balaban J connectivity index is 1.82. The Bertz CT molecular complexity index is 681. The minimum absolute atomic E-state index is 0.0861. The van der Waals surface area contributed by atoms with Crippen LogP contribution in [0.5, 0.6) is 0 Å². The lowest BCUT2D eigenvalue weighted by atomic mass is 9.99. The van der Waals surface area contributed by atoms with Gasteiger partial charge in [0.05, 0.1) is 13.1 Å². The molecule has 0 bridgehead atoms. The summed E-state index contributed by atoms with van der Waals surface area (Å²) in [5.41, 5.74) is 1.03. The Hall–Kier alpha value is -2.18. The summed E-state index contributed by atoms with van der Waals surface area (Å²) in [6.07, 6.45) is 0. The second-order valence-corrected chi connectivity index (χ2v) is 6.34. The lowest BCUT2D eigenvalue weighted by Gasteiger charge is -2.22. The molecule has 1 atom stereocenters. The molecule has 6 heteroatoms. The van der Waals surface area contributed by atoms with E-state index in [2.05, 4.69) is 10.6 Å². The highest BCUT2D eigenvalue weighted by Gasteiger charge is 2.24. The van der Waals surface area contributed by atoms with Crippen molar-refractivity contribution in [1.82, 2.24) is 10.6 Å². The predicted octanol–water partition coefficient (Wildman–Crippen LogP) is 1.81. The molecule has 2 rings (SSSR count). The first-order chi connectivity index (χ1) is 10.9. The molecule has 1 aromatic carbocycles. The number of amides is 2. The van der Waals surface area contributed by atoms with Gasteiger partial charge in [-0.3, -0.25) is 9.59 Å². The van der Waals surface area contributed by atoms with E-state index in [9.17, 15) is 14.7 Å². The van der Waals surface area contributed by atoms with Crippen LogP contribution in [0.3, 0.4) is 0 Å². The standard InChI is InChI=1S/C17H20N2O3S/c1-12-5-3-4-6-14(12)16(21)18-9-15(20)19-11-17(2,22)13-7-8-23-10-13/h3-8,10,22H,9,11H2,1-2H3,(H,18,21)(H,19,20). The Morgan fingerprint density at radius 1 is 1.22 bits per heavy atom. The van der Waals surface area contributed by atoms with Crippen molar-refractivity contribution in [1.29, 1.82) is 0 Å². The first-order valence-corrected chi connectivity index (χ1v) is 8.20. The van der Waals surface area contributed by atoms with Gasteiger partial charge in [0.1, 0.15) is 5.60 Å². The molecule has 2 aromatic rings. The SMILES string of the molecule is Cc1ccccc1C(=O)NCC(=O)NCC(C)(O)c1ccsc1. The van der Waals surface area contributed by atoms with Gasteiger partial charge in [-0.2, -0.15) is 11.3 Å². The van der Waals surface area contributed by atoms with Gasteiger partial charge < -0.3 is 15.7 Å². The summed E-state index contributed by atoms with van der Waals surface area (Å²) in [6, 6.07) is 9.00. The van der Waals surface area contributed by atoms with E-state index in [0.29, 0.717) is 5.56 Å². The zero-order valence-electron chi connectivity index (χ0n) is 13.1. The van der Waals surface area contributed by atoms with Gasteiger partial charge >= 0.3 is 0 Å². The van der Waals surface area contributed by atoms with E-state index >= 15 is 0 Å². The van der Waals surface area contributed by atoms with Crippen molar-refractivity contribution in [2.24, 2.45) is 0 Å². The average Bonchev–Trinajstić information content (AvgIpc) is 3.06. The molecule has 0 radical (unpaired) electrons. The van der Waals surface area contributed by atoms with Gasteiger partial charge in [0, 0.05) is 5.56 Å². The van der Waals surface area contributed by atoms with Crippen molar-refractivity contribution < 1.29 is 14.7 Å². The zero-order chi connectivity index (χ0) is 16.9. The van der Waals surface area contributed by atoms with Gasteiger partial charge in [0.2, 0.25) is 5.91 Å². The maximum Gasteiger partial charge on any atom is 0.251 e. The molecule has 1 aromatic heterocycles. The summed E-state index contributed by atoms with van der Waals surface area (Å²) in [6.45, 7) is 3.43. The van der Waals surface area contributed by atoms with Crippen LogP contribution in [0.4, 0.5) is 0 Å². The molecule has 0 saturated carbocycles. The minimum atomic E-state index is -1.13. The number of hydrogen-bond acceptors (Lipinski definition) is 4. The van der Waals surface area contributed by atoms with Crippen molar-refractivity contribution in [3.05, 3.63) is 57.8 Å². The third kappa shape index (κ3) is 4.64. The quantitative estimate of drug-likeness (QED) is 0.755. The molecule has 2 amide bonds. The summed E-state index contributed by atoms with van der Waals surface area (Å²) in [7, 11) is 0. The molecule has 1 unspecified atom stereocenters. The number of nitrogens with one attached hydrogen (secondary N) is 2. The maximum atomic E-state index is 12.0. The van der Waals surface area contributed by atoms with E-state index in [4.69, 9.17) is 0 Å². The largest absolute Gasteiger partial charge is 0.384 e. The molecule has 5 nitrogen and oxygen atoms in total. The number of rotatable bonds is 6. The summed E-state index contributed by atoms with van der Waals surface area (Å²) >= 11 is 1.48. The average molecular weight is 332 g/mol. The molecule has 1 heterocycles. The fourth-order valence-corrected chi connectivity index (χ4v) is 2.87. The summed E-state index contributed by atoms with van der Waals surface area (Å²) in [4.78, 5) is 23.9. The van der Waals surface area contributed by atoms with Crippen molar-refractivity contribution in [3.8, 4) is 0 Å². The van der Waals surface area contributed by atoms with Crippen LogP contribution in [0.25, 0.3) is 0 Å².